The Bertz CT molecular complexity index is 520. The average molecular weight is 214 g/mol. The Morgan fingerprint density at radius 2 is 2.12 bits per heavy atom. The van der Waals surface area contributed by atoms with Crippen molar-refractivity contribution in [1.82, 2.24) is 4.90 Å². The summed E-state index contributed by atoms with van der Waals surface area (Å²) in [5, 5.41) is 0. The van der Waals surface area contributed by atoms with Crippen molar-refractivity contribution in [3.63, 3.8) is 0 Å². The zero-order valence-electron chi connectivity index (χ0n) is 8.46. The third-order valence-electron chi connectivity index (χ3n) is 2.66. The van der Waals surface area contributed by atoms with Crippen molar-refractivity contribution in [2.24, 2.45) is 5.73 Å². The molecule has 3 rings (SSSR count). The minimum Gasteiger partial charge on any atom is -0.466 e. The lowest BCUT2D eigenvalue weighted by molar-refractivity contribution is 0.0412. The highest BCUT2D eigenvalue weighted by molar-refractivity contribution is 5.99. The van der Waals surface area contributed by atoms with E-state index in [0.29, 0.717) is 17.1 Å². The highest BCUT2D eigenvalue weighted by Crippen LogP contribution is 2.30. The van der Waals surface area contributed by atoms with E-state index in [1.165, 1.54) is 4.90 Å². The van der Waals surface area contributed by atoms with Gasteiger partial charge in [0.2, 0.25) is 0 Å². The summed E-state index contributed by atoms with van der Waals surface area (Å²) in [4.78, 5) is 13.6. The molecule has 1 unspecified atom stereocenters. The first-order chi connectivity index (χ1) is 7.77. The van der Waals surface area contributed by atoms with Crippen molar-refractivity contribution in [3.05, 3.63) is 53.9 Å². The summed E-state index contributed by atoms with van der Waals surface area (Å²) in [6.07, 6.45) is 4.85. The normalized spacial score (nSPS) is 22.0. The van der Waals surface area contributed by atoms with Gasteiger partial charge in [-0.3, -0.25) is 9.69 Å². The largest absolute Gasteiger partial charge is 0.466 e. The fourth-order valence-electron chi connectivity index (χ4n) is 1.89. The van der Waals surface area contributed by atoms with E-state index >= 15 is 0 Å². The number of fused-ring (bicyclic) bond motifs is 2. The lowest BCUT2D eigenvalue weighted by atomic mass is 10.1. The Labute approximate surface area is 92.6 Å². The van der Waals surface area contributed by atoms with Gasteiger partial charge in [0.25, 0.3) is 5.91 Å². The smallest absolute Gasteiger partial charge is 0.266 e. The number of ether oxygens (including phenoxy) is 1. The Morgan fingerprint density at radius 3 is 3.00 bits per heavy atom. The number of para-hydroxylation sites is 1. The van der Waals surface area contributed by atoms with Gasteiger partial charge in [-0.25, -0.2) is 0 Å². The zero-order valence-corrected chi connectivity index (χ0v) is 8.46. The second kappa shape index (κ2) is 3.13. The van der Waals surface area contributed by atoms with Crippen LogP contribution in [0, 0.1) is 0 Å². The molecule has 1 aromatic rings. The van der Waals surface area contributed by atoms with E-state index in [1.54, 1.807) is 36.4 Å². The van der Waals surface area contributed by atoms with Crippen LogP contribution in [0.15, 0.2) is 48.3 Å². The number of benzene rings is 1. The van der Waals surface area contributed by atoms with E-state index in [1.807, 2.05) is 6.07 Å². The minimum absolute atomic E-state index is 0.120. The second-order valence-corrected chi connectivity index (χ2v) is 3.66. The molecule has 80 valence electrons. The van der Waals surface area contributed by atoms with Crippen LogP contribution in [0.1, 0.15) is 10.4 Å². The Kier molecular flexibility index (Phi) is 1.77. The molecule has 0 spiro atoms. The van der Waals surface area contributed by atoms with Gasteiger partial charge in [0.15, 0.2) is 6.23 Å². The average Bonchev–Trinajstić information content (AvgIpc) is 2.29. The fourth-order valence-corrected chi connectivity index (χ4v) is 1.89. The molecule has 1 aromatic carbocycles. The van der Waals surface area contributed by atoms with Gasteiger partial charge in [-0.05, 0) is 24.3 Å². The molecule has 0 saturated carbocycles. The maximum atomic E-state index is 12.2. The van der Waals surface area contributed by atoms with Crippen LogP contribution in [0.5, 0.6) is 5.75 Å². The van der Waals surface area contributed by atoms with E-state index in [2.05, 4.69) is 0 Å². The number of nitrogens with zero attached hydrogens (tertiary/aromatic N) is 1. The highest BCUT2D eigenvalue weighted by Gasteiger charge is 2.34. The summed E-state index contributed by atoms with van der Waals surface area (Å²) in [7, 11) is 0. The van der Waals surface area contributed by atoms with Crippen molar-refractivity contribution in [2.45, 2.75) is 6.23 Å². The van der Waals surface area contributed by atoms with Crippen molar-refractivity contribution in [2.75, 3.05) is 0 Å². The zero-order chi connectivity index (χ0) is 11.1. The quantitative estimate of drug-likeness (QED) is 0.706. The van der Waals surface area contributed by atoms with Gasteiger partial charge < -0.3 is 10.5 Å². The lowest BCUT2D eigenvalue weighted by Gasteiger charge is -2.36. The van der Waals surface area contributed by atoms with Gasteiger partial charge in [0.1, 0.15) is 11.6 Å². The van der Waals surface area contributed by atoms with Crippen molar-refractivity contribution in [1.29, 1.82) is 0 Å². The summed E-state index contributed by atoms with van der Waals surface area (Å²) >= 11 is 0. The molecule has 2 aliphatic heterocycles. The Morgan fingerprint density at radius 1 is 1.31 bits per heavy atom. The molecule has 1 amide bonds. The summed E-state index contributed by atoms with van der Waals surface area (Å²) in [5.41, 5.74) is 6.32. The second-order valence-electron chi connectivity index (χ2n) is 3.66. The fraction of sp³-hybridized carbons (Fsp3) is 0.0833. The minimum atomic E-state index is -0.424. The molecule has 0 aromatic heterocycles. The van der Waals surface area contributed by atoms with Crippen molar-refractivity contribution in [3.8, 4) is 5.75 Å². The first-order valence-corrected chi connectivity index (χ1v) is 5.00. The van der Waals surface area contributed by atoms with Crippen molar-refractivity contribution >= 4 is 5.91 Å². The van der Waals surface area contributed by atoms with E-state index in [-0.39, 0.29) is 5.91 Å². The van der Waals surface area contributed by atoms with E-state index in [9.17, 15) is 4.79 Å². The number of carbonyl (C=O) groups is 1. The van der Waals surface area contributed by atoms with Crippen LogP contribution in [0.3, 0.4) is 0 Å². The van der Waals surface area contributed by atoms with Crippen LogP contribution in [0.25, 0.3) is 0 Å². The van der Waals surface area contributed by atoms with Crippen LogP contribution in [-0.4, -0.2) is 17.0 Å². The molecule has 0 saturated heterocycles. The van der Waals surface area contributed by atoms with E-state index < -0.39 is 6.23 Å². The van der Waals surface area contributed by atoms with Gasteiger partial charge >= 0.3 is 0 Å². The van der Waals surface area contributed by atoms with Gasteiger partial charge in [-0.15, -0.1) is 0 Å². The molecule has 2 heterocycles. The summed E-state index contributed by atoms with van der Waals surface area (Å²) in [6.45, 7) is 0. The molecule has 2 N–H and O–H groups in total. The van der Waals surface area contributed by atoms with Crippen LogP contribution in [0.2, 0.25) is 0 Å². The first-order valence-electron chi connectivity index (χ1n) is 5.00. The number of amides is 1. The Hall–Kier alpha value is -2.23. The van der Waals surface area contributed by atoms with Crippen LogP contribution in [0.4, 0.5) is 0 Å². The topological polar surface area (TPSA) is 55.6 Å². The summed E-state index contributed by atoms with van der Waals surface area (Å²) in [5.74, 6) is 0.894. The highest BCUT2D eigenvalue weighted by atomic mass is 16.5. The Balaban J connectivity index is 2.12. The molecule has 4 heteroatoms. The SMILES string of the molecule is NC1=CC=CC2Oc3ccccc3C(=O)N12. The van der Waals surface area contributed by atoms with E-state index in [0.717, 1.165) is 0 Å². The standard InChI is InChI=1S/C12H10N2O2/c13-10-6-3-7-11-14(10)12(15)8-4-1-2-5-9(8)16-11/h1-7,11H,13H2. The molecule has 1 atom stereocenters. The van der Waals surface area contributed by atoms with Crippen LogP contribution >= 0.6 is 0 Å². The summed E-state index contributed by atoms with van der Waals surface area (Å²) < 4.78 is 5.67. The van der Waals surface area contributed by atoms with Crippen LogP contribution < -0.4 is 10.5 Å². The number of carbonyl (C=O) groups excluding carboxylic acids is 1. The predicted molar refractivity (Wildman–Crippen MR) is 58.4 cm³/mol. The summed E-state index contributed by atoms with van der Waals surface area (Å²) in [6, 6.07) is 7.17. The van der Waals surface area contributed by atoms with Crippen molar-refractivity contribution < 1.29 is 9.53 Å². The predicted octanol–water partition coefficient (Wildman–Crippen LogP) is 1.22. The van der Waals surface area contributed by atoms with Gasteiger partial charge in [0.05, 0.1) is 5.56 Å². The molecule has 4 nitrogen and oxygen atoms in total. The number of nitrogens with two attached hydrogens (primary N) is 1. The third kappa shape index (κ3) is 1.13. The third-order valence-corrected chi connectivity index (χ3v) is 2.66. The first kappa shape index (κ1) is 9.03. The number of hydrogen-bond acceptors (Lipinski definition) is 3. The molecule has 2 aliphatic rings. The molecular formula is C12H10N2O2. The lowest BCUT2D eigenvalue weighted by Crippen LogP contribution is -2.48. The monoisotopic (exact) mass is 214 g/mol. The molecular weight excluding hydrogens is 204 g/mol. The number of hydrogen-bond donors (Lipinski definition) is 1. The van der Waals surface area contributed by atoms with Crippen LogP contribution in [-0.2, 0) is 0 Å². The van der Waals surface area contributed by atoms with Gasteiger partial charge in [0, 0.05) is 0 Å². The molecule has 0 radical (unpaired) electrons. The maximum absolute atomic E-state index is 12.2. The number of allylic oxidation sites excluding steroid dienone is 2. The molecule has 0 fully saturated rings. The van der Waals surface area contributed by atoms with Gasteiger partial charge in [-0.2, -0.15) is 0 Å². The van der Waals surface area contributed by atoms with E-state index in [4.69, 9.17) is 10.5 Å². The molecule has 0 bridgehead atoms. The molecule has 0 aliphatic carbocycles. The number of rotatable bonds is 0. The van der Waals surface area contributed by atoms with Gasteiger partial charge in [-0.1, -0.05) is 18.2 Å². The maximum Gasteiger partial charge on any atom is 0.266 e. The molecule has 16 heavy (non-hydrogen) atoms.